The van der Waals surface area contributed by atoms with Crippen LogP contribution in [0.1, 0.15) is 113 Å². The van der Waals surface area contributed by atoms with Crippen LogP contribution in [-0.2, 0) is 0 Å². The summed E-state index contributed by atoms with van der Waals surface area (Å²) in [5.41, 5.74) is 6.93. The van der Waals surface area contributed by atoms with Crippen LogP contribution in [0.15, 0.2) is 34.9 Å². The van der Waals surface area contributed by atoms with Crippen LogP contribution in [-0.4, -0.2) is 0 Å². The van der Waals surface area contributed by atoms with E-state index in [9.17, 15) is 0 Å². The van der Waals surface area contributed by atoms with Gasteiger partial charge in [0.1, 0.15) is 0 Å². The van der Waals surface area contributed by atoms with Crippen molar-refractivity contribution in [2.45, 2.75) is 113 Å². The molecular formula is C30H48. The Kier molecular flexibility index (Phi) is 5.52. The van der Waals surface area contributed by atoms with Crippen LogP contribution >= 0.6 is 0 Å². The van der Waals surface area contributed by atoms with Crippen molar-refractivity contribution < 1.29 is 0 Å². The monoisotopic (exact) mass is 408 g/mol. The van der Waals surface area contributed by atoms with Gasteiger partial charge in [-0.15, -0.1) is 0 Å². The number of hydrogen-bond donors (Lipinski definition) is 0. The van der Waals surface area contributed by atoms with Crippen LogP contribution in [0, 0.1) is 39.4 Å². The first-order valence-electron chi connectivity index (χ1n) is 13.0. The maximum Gasteiger partial charge on any atom is -0.0141 e. The van der Waals surface area contributed by atoms with Crippen molar-refractivity contribution in [1.29, 1.82) is 0 Å². The molecule has 0 aromatic heterocycles. The van der Waals surface area contributed by atoms with E-state index in [4.69, 9.17) is 0 Å². The highest BCUT2D eigenvalue weighted by Crippen LogP contribution is 2.74. The predicted molar refractivity (Wildman–Crippen MR) is 131 cm³/mol. The maximum absolute atomic E-state index is 2.73. The average Bonchev–Trinajstić information content (AvgIpc) is 2.99. The molecule has 0 N–H and O–H groups in total. The van der Waals surface area contributed by atoms with Crippen molar-refractivity contribution >= 4 is 0 Å². The number of fused-ring (bicyclic) bond motifs is 5. The molecule has 4 aliphatic rings. The van der Waals surface area contributed by atoms with Gasteiger partial charge < -0.3 is 0 Å². The molecule has 0 aromatic rings. The Balaban J connectivity index is 1.65. The molecule has 0 radical (unpaired) electrons. The highest BCUT2D eigenvalue weighted by Gasteiger charge is 2.66. The zero-order chi connectivity index (χ0) is 21.9. The second kappa shape index (κ2) is 7.38. The molecule has 0 heterocycles. The quantitative estimate of drug-likeness (QED) is 0.408. The summed E-state index contributed by atoms with van der Waals surface area (Å²) in [6.07, 6.45) is 19.9. The Morgan fingerprint density at radius 2 is 1.67 bits per heavy atom. The fourth-order valence-electron chi connectivity index (χ4n) is 9.38. The van der Waals surface area contributed by atoms with Gasteiger partial charge in [0.25, 0.3) is 0 Å². The first-order chi connectivity index (χ1) is 14.0. The molecule has 0 aromatic carbocycles. The van der Waals surface area contributed by atoms with Crippen molar-refractivity contribution in [2.24, 2.45) is 39.4 Å². The van der Waals surface area contributed by atoms with Crippen molar-refractivity contribution in [2.75, 3.05) is 0 Å². The van der Waals surface area contributed by atoms with Gasteiger partial charge in [-0.3, -0.25) is 0 Å². The van der Waals surface area contributed by atoms with Gasteiger partial charge in [-0.05, 0) is 118 Å². The Bertz CT molecular complexity index is 772. The largest absolute Gasteiger partial charge is 0.0874 e. The lowest BCUT2D eigenvalue weighted by Crippen LogP contribution is -2.61. The third-order valence-corrected chi connectivity index (χ3v) is 11.1. The van der Waals surface area contributed by atoms with Crippen molar-refractivity contribution in [3.8, 4) is 0 Å². The third-order valence-electron chi connectivity index (χ3n) is 11.1. The molecule has 0 aliphatic heterocycles. The second-order valence-electron chi connectivity index (χ2n) is 13.2. The Labute approximate surface area is 187 Å². The van der Waals surface area contributed by atoms with Gasteiger partial charge in [-0.25, -0.2) is 0 Å². The van der Waals surface area contributed by atoms with E-state index < -0.39 is 0 Å². The molecule has 0 unspecified atom stereocenters. The number of allylic oxidation sites excluding steroid dienone is 6. The van der Waals surface area contributed by atoms with E-state index in [1.807, 2.05) is 5.57 Å². The van der Waals surface area contributed by atoms with Crippen LogP contribution in [0.25, 0.3) is 0 Å². The molecule has 6 atom stereocenters. The van der Waals surface area contributed by atoms with E-state index in [1.165, 1.54) is 63.4 Å². The lowest BCUT2D eigenvalue weighted by molar-refractivity contribution is -0.179. The molecule has 3 fully saturated rings. The van der Waals surface area contributed by atoms with Crippen LogP contribution in [0.4, 0.5) is 0 Å². The maximum atomic E-state index is 2.73. The fourth-order valence-corrected chi connectivity index (χ4v) is 9.38. The minimum atomic E-state index is 0.369. The molecule has 0 saturated heterocycles. The van der Waals surface area contributed by atoms with E-state index in [2.05, 4.69) is 73.6 Å². The zero-order valence-electron chi connectivity index (χ0n) is 21.3. The summed E-state index contributed by atoms with van der Waals surface area (Å²) in [6.45, 7) is 20.1. The molecule has 0 amide bonds. The van der Waals surface area contributed by atoms with Crippen LogP contribution in [0.2, 0.25) is 0 Å². The summed E-state index contributed by atoms with van der Waals surface area (Å²) in [7, 11) is 0. The average molecular weight is 409 g/mol. The van der Waals surface area contributed by atoms with E-state index in [0.717, 1.165) is 17.8 Å². The van der Waals surface area contributed by atoms with Crippen molar-refractivity contribution in [1.82, 2.24) is 0 Å². The standard InChI is InChI=1S/C30H48/c1-21(2)11-9-12-22(3)23-15-19-29(7)24(23)13-14-26-28(6)18-10-17-27(4,5)25(28)16-20-30(26,29)8/h10-11,17,24-26H,9,12-16,18-20H2,1-8H3/t24-,25-,26-,28-,29-,30-/m0/s1. The van der Waals surface area contributed by atoms with E-state index in [-0.39, 0.29) is 0 Å². The van der Waals surface area contributed by atoms with E-state index in [0.29, 0.717) is 21.7 Å². The van der Waals surface area contributed by atoms with Gasteiger partial charge in [0.2, 0.25) is 0 Å². The highest BCUT2D eigenvalue weighted by molar-refractivity contribution is 5.29. The summed E-state index contributed by atoms with van der Waals surface area (Å²) in [4.78, 5) is 0. The van der Waals surface area contributed by atoms with Crippen molar-refractivity contribution in [3.05, 3.63) is 34.9 Å². The van der Waals surface area contributed by atoms with Crippen LogP contribution < -0.4 is 0 Å². The van der Waals surface area contributed by atoms with Gasteiger partial charge in [-0.2, -0.15) is 0 Å². The molecule has 168 valence electrons. The zero-order valence-corrected chi connectivity index (χ0v) is 21.3. The van der Waals surface area contributed by atoms with Gasteiger partial charge in [0.15, 0.2) is 0 Å². The van der Waals surface area contributed by atoms with Gasteiger partial charge in [0, 0.05) is 0 Å². The minimum absolute atomic E-state index is 0.369. The molecule has 0 spiro atoms. The molecular weight excluding hydrogens is 360 g/mol. The normalized spacial score (nSPS) is 45.9. The fraction of sp³-hybridized carbons (Fsp3) is 0.800. The second-order valence-corrected chi connectivity index (χ2v) is 13.2. The molecule has 30 heavy (non-hydrogen) atoms. The summed E-state index contributed by atoms with van der Waals surface area (Å²) in [5, 5.41) is 0. The van der Waals surface area contributed by atoms with Gasteiger partial charge in [-0.1, -0.05) is 69.6 Å². The van der Waals surface area contributed by atoms with E-state index >= 15 is 0 Å². The SMILES string of the molecule is CC(C)=CCCC(C)=C1CC[C@@]2(C)[C@H]1CC[C@H]1[C@@]3(C)CC=CC(C)(C)[C@@H]3CC[C@@]12C. The molecule has 0 nitrogen and oxygen atoms in total. The summed E-state index contributed by atoms with van der Waals surface area (Å²) < 4.78 is 0. The number of rotatable bonds is 3. The van der Waals surface area contributed by atoms with Gasteiger partial charge in [0.05, 0.1) is 0 Å². The first-order valence-corrected chi connectivity index (χ1v) is 13.0. The topological polar surface area (TPSA) is 0 Å². The molecule has 0 bridgehead atoms. The van der Waals surface area contributed by atoms with Gasteiger partial charge >= 0.3 is 0 Å². The minimum Gasteiger partial charge on any atom is -0.0874 e. The predicted octanol–water partition coefficient (Wildman–Crippen LogP) is 9.28. The van der Waals surface area contributed by atoms with Crippen LogP contribution in [0.5, 0.6) is 0 Å². The lowest BCUT2D eigenvalue weighted by atomic mass is 9.36. The Morgan fingerprint density at radius 1 is 0.933 bits per heavy atom. The molecule has 4 rings (SSSR count). The first kappa shape index (κ1) is 22.4. The lowest BCUT2D eigenvalue weighted by Gasteiger charge is -2.68. The summed E-state index contributed by atoms with van der Waals surface area (Å²) in [6, 6.07) is 0. The Hall–Kier alpha value is -0.780. The van der Waals surface area contributed by atoms with Crippen molar-refractivity contribution in [3.63, 3.8) is 0 Å². The summed E-state index contributed by atoms with van der Waals surface area (Å²) >= 11 is 0. The molecule has 3 saturated carbocycles. The molecule has 0 heteroatoms. The summed E-state index contributed by atoms with van der Waals surface area (Å²) in [5.74, 6) is 2.59. The highest BCUT2D eigenvalue weighted by atomic mass is 14.7. The van der Waals surface area contributed by atoms with Crippen LogP contribution in [0.3, 0.4) is 0 Å². The third kappa shape index (κ3) is 3.14. The Morgan fingerprint density at radius 3 is 2.37 bits per heavy atom. The molecule has 4 aliphatic carbocycles. The van der Waals surface area contributed by atoms with E-state index in [1.54, 1.807) is 5.57 Å². The smallest absolute Gasteiger partial charge is 0.0141 e. The number of hydrogen-bond acceptors (Lipinski definition) is 0.